The molecule has 17 heavy (non-hydrogen) atoms. The first kappa shape index (κ1) is 13.6. The minimum atomic E-state index is -2.81. The maximum atomic E-state index is 11.5. The van der Waals surface area contributed by atoms with Crippen LogP contribution in [0.15, 0.2) is 0 Å². The van der Waals surface area contributed by atoms with Crippen molar-refractivity contribution in [2.45, 2.75) is 30.8 Å². The van der Waals surface area contributed by atoms with Gasteiger partial charge in [-0.25, -0.2) is 8.42 Å². The molecule has 0 saturated carbocycles. The molecule has 4 nitrogen and oxygen atoms in total. The normalized spacial score (nSPS) is 31.8. The van der Waals surface area contributed by atoms with Crippen LogP contribution < -0.4 is 5.73 Å². The van der Waals surface area contributed by atoms with Gasteiger partial charge >= 0.3 is 0 Å². The predicted octanol–water partition coefficient (Wildman–Crippen LogP) is 0.330. The van der Waals surface area contributed by atoms with Crippen molar-refractivity contribution in [3.8, 4) is 0 Å². The van der Waals surface area contributed by atoms with E-state index in [0.717, 1.165) is 5.75 Å². The van der Waals surface area contributed by atoms with Gasteiger partial charge in [-0.2, -0.15) is 11.8 Å². The van der Waals surface area contributed by atoms with E-state index >= 15 is 0 Å². The Hall–Kier alpha value is 0.220. The van der Waals surface area contributed by atoms with Crippen LogP contribution in [0.2, 0.25) is 0 Å². The summed E-state index contributed by atoms with van der Waals surface area (Å²) in [7, 11) is -0.682. The standard InChI is InChI=1S/C11H22N2O2S2/c1-13(10-2-5-16-8-10)11(9-12)3-6-17(14,15)7-4-11/h10H,2-9,12H2,1H3. The maximum Gasteiger partial charge on any atom is 0.150 e. The topological polar surface area (TPSA) is 63.4 Å². The Bertz CT molecular complexity index is 350. The molecule has 0 amide bonds. The van der Waals surface area contributed by atoms with E-state index in [1.54, 1.807) is 0 Å². The summed E-state index contributed by atoms with van der Waals surface area (Å²) in [5.74, 6) is 2.97. The second-order valence-electron chi connectivity index (χ2n) is 5.21. The number of sulfone groups is 1. The van der Waals surface area contributed by atoms with Gasteiger partial charge in [0, 0.05) is 23.9 Å². The Morgan fingerprint density at radius 3 is 2.53 bits per heavy atom. The molecule has 100 valence electrons. The first-order valence-electron chi connectivity index (χ1n) is 6.20. The molecule has 0 spiro atoms. The average Bonchev–Trinajstić information content (AvgIpc) is 2.82. The molecule has 6 heteroatoms. The number of rotatable bonds is 3. The second-order valence-corrected chi connectivity index (χ2v) is 8.66. The summed E-state index contributed by atoms with van der Waals surface area (Å²) in [5, 5.41) is 0. The summed E-state index contributed by atoms with van der Waals surface area (Å²) >= 11 is 1.98. The van der Waals surface area contributed by atoms with Gasteiger partial charge in [0.05, 0.1) is 11.5 Å². The third-order valence-corrected chi connectivity index (χ3v) is 7.14. The van der Waals surface area contributed by atoms with Crippen molar-refractivity contribution in [2.75, 3.05) is 36.6 Å². The Morgan fingerprint density at radius 1 is 1.41 bits per heavy atom. The molecule has 1 unspecified atom stereocenters. The van der Waals surface area contributed by atoms with Crippen LogP contribution in [-0.4, -0.2) is 61.5 Å². The minimum absolute atomic E-state index is 0.0825. The Morgan fingerprint density at radius 2 is 2.06 bits per heavy atom. The molecule has 0 aromatic heterocycles. The smallest absolute Gasteiger partial charge is 0.150 e. The van der Waals surface area contributed by atoms with Gasteiger partial charge in [0.2, 0.25) is 0 Å². The van der Waals surface area contributed by atoms with Crippen LogP contribution in [-0.2, 0) is 9.84 Å². The lowest BCUT2D eigenvalue weighted by Gasteiger charge is -2.46. The molecular weight excluding hydrogens is 256 g/mol. The third-order valence-electron chi connectivity index (χ3n) is 4.34. The molecule has 0 aromatic rings. The van der Waals surface area contributed by atoms with Crippen molar-refractivity contribution >= 4 is 21.6 Å². The molecule has 2 aliphatic rings. The van der Waals surface area contributed by atoms with E-state index in [1.807, 2.05) is 11.8 Å². The van der Waals surface area contributed by atoms with Gasteiger partial charge < -0.3 is 5.73 Å². The van der Waals surface area contributed by atoms with E-state index < -0.39 is 9.84 Å². The van der Waals surface area contributed by atoms with Crippen LogP contribution in [0, 0.1) is 0 Å². The summed E-state index contributed by atoms with van der Waals surface area (Å²) < 4.78 is 23.1. The number of nitrogens with zero attached hydrogens (tertiary/aromatic N) is 1. The van der Waals surface area contributed by atoms with Crippen LogP contribution in [0.4, 0.5) is 0 Å². The SMILES string of the molecule is CN(C1CCSC1)C1(CN)CCS(=O)(=O)CC1. The molecule has 0 aliphatic carbocycles. The minimum Gasteiger partial charge on any atom is -0.329 e. The molecule has 0 radical (unpaired) electrons. The molecule has 1 atom stereocenters. The highest BCUT2D eigenvalue weighted by Gasteiger charge is 2.42. The first-order chi connectivity index (χ1) is 7.99. The number of nitrogens with two attached hydrogens (primary N) is 1. The van der Waals surface area contributed by atoms with E-state index in [4.69, 9.17) is 5.73 Å². The zero-order chi connectivity index (χ0) is 12.5. The molecule has 2 aliphatic heterocycles. The number of hydrogen-bond acceptors (Lipinski definition) is 5. The summed E-state index contributed by atoms with van der Waals surface area (Å²) in [5.41, 5.74) is 5.87. The number of thioether (sulfide) groups is 1. The number of likely N-dealkylation sites (N-methyl/N-ethyl adjacent to an activating group) is 1. The molecule has 0 aromatic carbocycles. The Balaban J connectivity index is 2.09. The molecule has 2 N–H and O–H groups in total. The Labute approximate surface area is 108 Å². The summed E-state index contributed by atoms with van der Waals surface area (Å²) in [6, 6.07) is 0.573. The van der Waals surface area contributed by atoms with Crippen LogP contribution in [0.3, 0.4) is 0 Å². The molecule has 2 fully saturated rings. The zero-order valence-electron chi connectivity index (χ0n) is 10.4. The van der Waals surface area contributed by atoms with Crippen molar-refractivity contribution in [3.63, 3.8) is 0 Å². The van der Waals surface area contributed by atoms with Crippen molar-refractivity contribution in [3.05, 3.63) is 0 Å². The van der Waals surface area contributed by atoms with E-state index in [1.165, 1.54) is 12.2 Å². The lowest BCUT2D eigenvalue weighted by Crippen LogP contribution is -2.59. The fourth-order valence-corrected chi connectivity index (χ4v) is 5.69. The monoisotopic (exact) mass is 278 g/mol. The lowest BCUT2D eigenvalue weighted by molar-refractivity contribution is 0.0773. The maximum absolute atomic E-state index is 11.5. The van der Waals surface area contributed by atoms with E-state index in [9.17, 15) is 8.42 Å². The zero-order valence-corrected chi connectivity index (χ0v) is 12.0. The van der Waals surface area contributed by atoms with Crippen LogP contribution in [0.1, 0.15) is 19.3 Å². The van der Waals surface area contributed by atoms with Gasteiger partial charge in [-0.05, 0) is 32.1 Å². The van der Waals surface area contributed by atoms with Gasteiger partial charge in [-0.1, -0.05) is 0 Å². The van der Waals surface area contributed by atoms with Gasteiger partial charge in [0.25, 0.3) is 0 Å². The largest absolute Gasteiger partial charge is 0.329 e. The van der Waals surface area contributed by atoms with Gasteiger partial charge in [-0.15, -0.1) is 0 Å². The highest BCUT2D eigenvalue weighted by Crippen LogP contribution is 2.33. The van der Waals surface area contributed by atoms with E-state index in [-0.39, 0.29) is 5.54 Å². The predicted molar refractivity (Wildman–Crippen MR) is 73.2 cm³/mol. The fourth-order valence-electron chi connectivity index (χ4n) is 2.83. The van der Waals surface area contributed by atoms with E-state index in [0.29, 0.717) is 36.9 Å². The van der Waals surface area contributed by atoms with E-state index in [2.05, 4.69) is 11.9 Å². The molecular formula is C11H22N2O2S2. The second kappa shape index (κ2) is 5.07. The van der Waals surface area contributed by atoms with Crippen molar-refractivity contribution < 1.29 is 8.42 Å². The summed E-state index contributed by atoms with van der Waals surface area (Å²) in [4.78, 5) is 2.38. The molecule has 0 bridgehead atoms. The lowest BCUT2D eigenvalue weighted by atomic mass is 9.89. The first-order valence-corrected chi connectivity index (χ1v) is 9.18. The van der Waals surface area contributed by atoms with Gasteiger partial charge in [0.1, 0.15) is 9.84 Å². The Kier molecular flexibility index (Phi) is 4.07. The van der Waals surface area contributed by atoms with Crippen molar-refractivity contribution in [1.82, 2.24) is 4.90 Å². The van der Waals surface area contributed by atoms with Crippen LogP contribution in [0.5, 0.6) is 0 Å². The third kappa shape index (κ3) is 2.80. The molecule has 2 saturated heterocycles. The van der Waals surface area contributed by atoms with Crippen LogP contribution in [0.25, 0.3) is 0 Å². The fraction of sp³-hybridized carbons (Fsp3) is 1.00. The van der Waals surface area contributed by atoms with Crippen molar-refractivity contribution in [1.29, 1.82) is 0 Å². The van der Waals surface area contributed by atoms with Crippen molar-refractivity contribution in [2.24, 2.45) is 5.73 Å². The highest BCUT2D eigenvalue weighted by atomic mass is 32.2. The number of hydrogen-bond donors (Lipinski definition) is 1. The molecule has 2 rings (SSSR count). The quantitative estimate of drug-likeness (QED) is 0.806. The summed E-state index contributed by atoms with van der Waals surface area (Å²) in [6.07, 6.45) is 2.60. The average molecular weight is 278 g/mol. The van der Waals surface area contributed by atoms with Gasteiger partial charge in [-0.3, -0.25) is 4.90 Å². The van der Waals surface area contributed by atoms with Gasteiger partial charge in [0.15, 0.2) is 0 Å². The summed E-state index contributed by atoms with van der Waals surface area (Å²) in [6.45, 7) is 0.570. The molecule has 2 heterocycles. The van der Waals surface area contributed by atoms with Crippen LogP contribution >= 0.6 is 11.8 Å². The highest BCUT2D eigenvalue weighted by molar-refractivity contribution is 7.99.